The van der Waals surface area contributed by atoms with Gasteiger partial charge in [0, 0.05) is 37.8 Å². The Balaban J connectivity index is 1.43. The van der Waals surface area contributed by atoms with Gasteiger partial charge < -0.3 is 9.88 Å². The van der Waals surface area contributed by atoms with Crippen molar-refractivity contribution in [3.05, 3.63) is 64.0 Å². The number of imidazole rings is 1. The van der Waals surface area contributed by atoms with Gasteiger partial charge in [-0.05, 0) is 43.2 Å². The van der Waals surface area contributed by atoms with Crippen molar-refractivity contribution in [2.45, 2.75) is 24.9 Å². The van der Waals surface area contributed by atoms with Crippen LogP contribution in [0, 0.1) is 0 Å². The van der Waals surface area contributed by atoms with Crippen LogP contribution in [0.3, 0.4) is 0 Å². The number of nitrogens with zero attached hydrogens (tertiary/aromatic N) is 5. The van der Waals surface area contributed by atoms with Crippen molar-refractivity contribution >= 4 is 22.6 Å². The molecule has 1 unspecified atom stereocenters. The summed E-state index contributed by atoms with van der Waals surface area (Å²) in [6, 6.07) is 7.30. The SMILES string of the molecule is Cn1c(=O)[nH]c2cc(C(=O)N3CCCC(c4nnc5ccc(C(F)(F)F)cn45)C3)ccc21. The third-order valence-corrected chi connectivity index (χ3v) is 5.98. The molecule has 4 aromatic rings. The molecule has 1 aliphatic rings. The highest BCUT2D eigenvalue weighted by Crippen LogP contribution is 2.31. The van der Waals surface area contributed by atoms with Crippen molar-refractivity contribution in [1.29, 1.82) is 0 Å². The summed E-state index contributed by atoms with van der Waals surface area (Å²) in [5.41, 5.74) is 0.985. The predicted molar refractivity (Wildman–Crippen MR) is 109 cm³/mol. The zero-order valence-electron chi connectivity index (χ0n) is 17.1. The summed E-state index contributed by atoms with van der Waals surface area (Å²) in [6.45, 7) is 0.850. The number of hydrogen-bond donors (Lipinski definition) is 1. The van der Waals surface area contributed by atoms with Gasteiger partial charge in [0.15, 0.2) is 5.65 Å². The third-order valence-electron chi connectivity index (χ3n) is 5.98. The molecular weight excluding hydrogens is 425 g/mol. The van der Waals surface area contributed by atoms with Crippen molar-refractivity contribution in [3.63, 3.8) is 0 Å². The predicted octanol–water partition coefficient (Wildman–Crippen LogP) is 2.95. The van der Waals surface area contributed by atoms with E-state index < -0.39 is 11.7 Å². The third kappa shape index (κ3) is 3.33. The lowest BCUT2D eigenvalue weighted by molar-refractivity contribution is -0.137. The number of carbonyl (C=O) groups excluding carboxylic acids is 1. The van der Waals surface area contributed by atoms with Crippen LogP contribution in [0.5, 0.6) is 0 Å². The number of likely N-dealkylation sites (tertiary alicyclic amines) is 1. The molecule has 0 saturated carbocycles. The van der Waals surface area contributed by atoms with Crippen LogP contribution >= 0.6 is 0 Å². The molecule has 166 valence electrons. The second-order valence-corrected chi connectivity index (χ2v) is 8.01. The standard InChI is InChI=1S/C21H19F3N6O2/c1-28-16-6-4-12(9-15(16)25-20(28)32)19(31)29-8-2-3-13(10-29)18-27-26-17-7-5-14(11-30(17)18)21(22,23)24/h4-7,9,11,13H,2-3,8,10H2,1H3,(H,25,32). The maximum Gasteiger partial charge on any atom is 0.417 e. The average molecular weight is 444 g/mol. The van der Waals surface area contributed by atoms with Crippen LogP contribution in [0.2, 0.25) is 0 Å². The molecule has 11 heteroatoms. The number of alkyl halides is 3. The fraction of sp³-hybridized carbons (Fsp3) is 0.333. The fourth-order valence-corrected chi connectivity index (χ4v) is 4.28. The van der Waals surface area contributed by atoms with Gasteiger partial charge in [0.25, 0.3) is 5.91 Å². The molecule has 5 rings (SSSR count). The lowest BCUT2D eigenvalue weighted by atomic mass is 9.96. The van der Waals surface area contributed by atoms with Crippen LogP contribution in [0.25, 0.3) is 16.7 Å². The van der Waals surface area contributed by atoms with Gasteiger partial charge in [0.05, 0.1) is 16.6 Å². The number of nitrogens with one attached hydrogen (secondary N) is 1. The highest BCUT2D eigenvalue weighted by molar-refractivity contribution is 5.97. The number of rotatable bonds is 2. The summed E-state index contributed by atoms with van der Waals surface area (Å²) in [6.07, 6.45) is -2.09. The molecule has 4 heterocycles. The van der Waals surface area contributed by atoms with Gasteiger partial charge >= 0.3 is 11.9 Å². The maximum absolute atomic E-state index is 13.2. The summed E-state index contributed by atoms with van der Waals surface area (Å²) < 4.78 is 42.3. The van der Waals surface area contributed by atoms with Crippen LogP contribution in [-0.4, -0.2) is 48.0 Å². The molecule has 32 heavy (non-hydrogen) atoms. The van der Waals surface area contributed by atoms with Crippen molar-refractivity contribution in [2.24, 2.45) is 7.05 Å². The number of piperidine rings is 1. The molecule has 1 saturated heterocycles. The quantitative estimate of drug-likeness (QED) is 0.515. The number of halogens is 3. The Hall–Kier alpha value is -3.63. The number of amides is 1. The summed E-state index contributed by atoms with van der Waals surface area (Å²) in [4.78, 5) is 29.3. The normalized spacial score (nSPS) is 17.4. The molecule has 1 N–H and O–H groups in total. The smallest absolute Gasteiger partial charge is 0.338 e. The zero-order valence-corrected chi connectivity index (χ0v) is 17.1. The van der Waals surface area contributed by atoms with Gasteiger partial charge in [-0.15, -0.1) is 10.2 Å². The van der Waals surface area contributed by atoms with E-state index in [1.165, 1.54) is 15.0 Å². The average Bonchev–Trinajstić information content (AvgIpc) is 3.32. The highest BCUT2D eigenvalue weighted by atomic mass is 19.4. The highest BCUT2D eigenvalue weighted by Gasteiger charge is 2.33. The van der Waals surface area contributed by atoms with E-state index in [-0.39, 0.29) is 17.5 Å². The molecule has 1 aromatic carbocycles. The molecule has 1 atom stereocenters. The van der Waals surface area contributed by atoms with Crippen LogP contribution in [0.15, 0.2) is 41.3 Å². The molecule has 8 nitrogen and oxygen atoms in total. The van der Waals surface area contributed by atoms with Gasteiger partial charge in [-0.3, -0.25) is 13.8 Å². The summed E-state index contributed by atoms with van der Waals surface area (Å²) in [5.74, 6) is -0.0380. The van der Waals surface area contributed by atoms with Gasteiger partial charge in [-0.2, -0.15) is 13.2 Å². The Labute approximate surface area is 179 Å². The van der Waals surface area contributed by atoms with E-state index >= 15 is 0 Å². The first-order valence-corrected chi connectivity index (χ1v) is 10.1. The van der Waals surface area contributed by atoms with Crippen LogP contribution in [0.1, 0.15) is 40.5 Å². The molecular formula is C21H19F3N6O2. The summed E-state index contributed by atoms with van der Waals surface area (Å²) >= 11 is 0. The van der Waals surface area contributed by atoms with Gasteiger partial charge in [0.1, 0.15) is 5.82 Å². The van der Waals surface area contributed by atoms with E-state index in [0.717, 1.165) is 12.3 Å². The van der Waals surface area contributed by atoms with E-state index in [1.54, 1.807) is 30.1 Å². The Bertz CT molecular complexity index is 1400. The fourth-order valence-electron chi connectivity index (χ4n) is 4.28. The number of aryl methyl sites for hydroxylation is 1. The minimum absolute atomic E-state index is 0.203. The number of fused-ring (bicyclic) bond motifs is 2. The maximum atomic E-state index is 13.2. The Morgan fingerprint density at radius 2 is 2.00 bits per heavy atom. The molecule has 3 aromatic heterocycles. The van der Waals surface area contributed by atoms with Crippen molar-refractivity contribution in [2.75, 3.05) is 13.1 Å². The Kier molecular flexibility index (Phi) is 4.57. The van der Waals surface area contributed by atoms with E-state index in [1.807, 2.05) is 0 Å². The second-order valence-electron chi connectivity index (χ2n) is 8.01. The molecule has 0 bridgehead atoms. The number of aromatic amines is 1. The van der Waals surface area contributed by atoms with Crippen molar-refractivity contribution < 1.29 is 18.0 Å². The van der Waals surface area contributed by atoms with E-state index in [9.17, 15) is 22.8 Å². The van der Waals surface area contributed by atoms with E-state index in [2.05, 4.69) is 15.2 Å². The molecule has 1 amide bonds. The molecule has 0 radical (unpaired) electrons. The summed E-state index contributed by atoms with van der Waals surface area (Å²) in [7, 11) is 1.64. The second kappa shape index (κ2) is 7.21. The van der Waals surface area contributed by atoms with Crippen LogP contribution < -0.4 is 5.69 Å². The van der Waals surface area contributed by atoms with Crippen LogP contribution in [-0.2, 0) is 13.2 Å². The van der Waals surface area contributed by atoms with Gasteiger partial charge in [-0.1, -0.05) is 0 Å². The first kappa shape index (κ1) is 20.3. The molecule has 0 spiro atoms. The molecule has 0 aliphatic carbocycles. The summed E-state index contributed by atoms with van der Waals surface area (Å²) in [5, 5.41) is 8.12. The van der Waals surface area contributed by atoms with Crippen molar-refractivity contribution in [1.82, 2.24) is 29.0 Å². The zero-order chi connectivity index (χ0) is 22.6. The van der Waals surface area contributed by atoms with Gasteiger partial charge in [0.2, 0.25) is 0 Å². The number of aromatic nitrogens is 5. The number of carbonyl (C=O) groups is 1. The number of H-pyrrole nitrogens is 1. The molecule has 1 aliphatic heterocycles. The monoisotopic (exact) mass is 444 g/mol. The van der Waals surface area contributed by atoms with E-state index in [0.29, 0.717) is 54.0 Å². The Morgan fingerprint density at radius 3 is 2.78 bits per heavy atom. The number of pyridine rings is 1. The van der Waals surface area contributed by atoms with Crippen LogP contribution in [0.4, 0.5) is 13.2 Å². The first-order chi connectivity index (χ1) is 15.2. The Morgan fingerprint density at radius 1 is 1.19 bits per heavy atom. The van der Waals surface area contributed by atoms with Crippen molar-refractivity contribution in [3.8, 4) is 0 Å². The molecule has 1 fully saturated rings. The first-order valence-electron chi connectivity index (χ1n) is 10.1. The minimum Gasteiger partial charge on any atom is -0.338 e. The minimum atomic E-state index is -4.47. The van der Waals surface area contributed by atoms with Gasteiger partial charge in [-0.25, -0.2) is 4.79 Å². The number of hydrogen-bond acceptors (Lipinski definition) is 4. The van der Waals surface area contributed by atoms with E-state index in [4.69, 9.17) is 0 Å². The topological polar surface area (TPSA) is 88.3 Å². The lowest BCUT2D eigenvalue weighted by Crippen LogP contribution is -2.39. The largest absolute Gasteiger partial charge is 0.417 e. The number of benzene rings is 1. The lowest BCUT2D eigenvalue weighted by Gasteiger charge is -2.32.